The Morgan fingerprint density at radius 3 is 2.51 bits per heavy atom. The Morgan fingerprint density at radius 1 is 1.00 bits per heavy atom. The van der Waals surface area contributed by atoms with Crippen LogP contribution in [0.3, 0.4) is 0 Å². The van der Waals surface area contributed by atoms with Crippen molar-refractivity contribution >= 4 is 28.6 Å². The van der Waals surface area contributed by atoms with E-state index in [1.807, 2.05) is 0 Å². The molecule has 12 nitrogen and oxygen atoms in total. The van der Waals surface area contributed by atoms with Gasteiger partial charge >= 0.3 is 0 Å². The first-order chi connectivity index (χ1) is 17.0. The maximum atomic E-state index is 10.2. The predicted molar refractivity (Wildman–Crippen MR) is 126 cm³/mol. The predicted octanol–water partition coefficient (Wildman–Crippen LogP) is 1.02. The minimum absolute atomic E-state index is 0.364. The van der Waals surface area contributed by atoms with Gasteiger partial charge in [0.25, 0.3) is 0 Å². The molecule has 1 aliphatic heterocycles. The van der Waals surface area contributed by atoms with E-state index in [0.29, 0.717) is 34.9 Å². The lowest BCUT2D eigenvalue weighted by Crippen LogP contribution is -2.60. The van der Waals surface area contributed by atoms with E-state index < -0.39 is 37.3 Å². The lowest BCUT2D eigenvalue weighted by atomic mass is 9.95. The van der Waals surface area contributed by atoms with Crippen LogP contribution in [0.4, 0.5) is 17.5 Å². The fraction of sp³-hybridized carbons (Fsp3) is 0.522. The molecule has 1 saturated carbocycles. The van der Waals surface area contributed by atoms with Crippen molar-refractivity contribution in [2.75, 3.05) is 17.2 Å². The summed E-state index contributed by atoms with van der Waals surface area (Å²) in [4.78, 5) is 16.5. The number of H-pyrrole nitrogens is 1. The fourth-order valence-electron chi connectivity index (χ4n) is 4.48. The number of rotatable bonds is 7. The first kappa shape index (κ1) is 23.7. The summed E-state index contributed by atoms with van der Waals surface area (Å²) >= 11 is 0. The van der Waals surface area contributed by atoms with Gasteiger partial charge in [-0.25, -0.2) is 4.98 Å². The smallest absolute Gasteiger partial charge is 0.231 e. The van der Waals surface area contributed by atoms with Crippen molar-refractivity contribution in [3.05, 3.63) is 30.6 Å². The van der Waals surface area contributed by atoms with Gasteiger partial charge in [-0.1, -0.05) is 19.3 Å². The summed E-state index contributed by atoms with van der Waals surface area (Å²) in [6.45, 7) is -0.522. The number of aliphatic hydroxyl groups excluding tert-OH is 4. The van der Waals surface area contributed by atoms with Crippen LogP contribution in [0.1, 0.15) is 32.1 Å². The average Bonchev–Trinajstić information content (AvgIpc) is 3.35. The van der Waals surface area contributed by atoms with Gasteiger partial charge in [-0.2, -0.15) is 9.97 Å². The van der Waals surface area contributed by atoms with Crippen LogP contribution in [0.25, 0.3) is 11.2 Å². The normalized spacial score (nSPS) is 27.6. The summed E-state index contributed by atoms with van der Waals surface area (Å²) in [5, 5.41) is 46.0. The highest BCUT2D eigenvalue weighted by Gasteiger charge is 2.44. The Labute approximate surface area is 201 Å². The van der Waals surface area contributed by atoms with Crippen LogP contribution >= 0.6 is 0 Å². The number of benzene rings is 1. The van der Waals surface area contributed by atoms with Crippen LogP contribution in [-0.4, -0.2) is 83.7 Å². The fourth-order valence-corrected chi connectivity index (χ4v) is 4.48. The number of nitrogens with zero attached hydrogens (tertiary/aromatic N) is 3. The van der Waals surface area contributed by atoms with Crippen molar-refractivity contribution in [3.8, 4) is 5.75 Å². The molecule has 5 rings (SSSR count). The average molecular weight is 487 g/mol. The van der Waals surface area contributed by atoms with Crippen molar-refractivity contribution in [2.24, 2.45) is 0 Å². The van der Waals surface area contributed by atoms with Gasteiger partial charge in [-0.3, -0.25) is 0 Å². The zero-order valence-electron chi connectivity index (χ0n) is 19.0. The number of fused-ring (bicyclic) bond motifs is 1. The lowest BCUT2D eigenvalue weighted by molar-refractivity contribution is -0.277. The Balaban J connectivity index is 1.27. The van der Waals surface area contributed by atoms with E-state index in [9.17, 15) is 20.4 Å². The Kier molecular flexibility index (Phi) is 6.97. The second-order valence-corrected chi connectivity index (χ2v) is 8.94. The number of aromatic nitrogens is 4. The minimum Gasteiger partial charge on any atom is -0.462 e. The van der Waals surface area contributed by atoms with Gasteiger partial charge in [0, 0.05) is 11.7 Å². The molecular weight excluding hydrogens is 456 g/mol. The molecule has 2 aliphatic rings. The third kappa shape index (κ3) is 5.16. The first-order valence-electron chi connectivity index (χ1n) is 11.8. The molecule has 0 amide bonds. The molecule has 35 heavy (non-hydrogen) atoms. The Bertz CT molecular complexity index is 1120. The largest absolute Gasteiger partial charge is 0.462 e. The number of nitrogens with one attached hydrogen (secondary N) is 3. The van der Waals surface area contributed by atoms with Crippen LogP contribution in [0.2, 0.25) is 0 Å². The van der Waals surface area contributed by atoms with Crippen LogP contribution in [0, 0.1) is 0 Å². The van der Waals surface area contributed by atoms with Gasteiger partial charge < -0.3 is 45.5 Å². The molecule has 3 aromatic rings. The van der Waals surface area contributed by atoms with Gasteiger partial charge in [-0.05, 0) is 37.1 Å². The highest BCUT2D eigenvalue weighted by atomic mass is 16.7. The zero-order chi connectivity index (χ0) is 24.4. The van der Waals surface area contributed by atoms with Crippen LogP contribution < -0.4 is 15.4 Å². The van der Waals surface area contributed by atoms with Crippen LogP contribution in [0.5, 0.6) is 5.75 Å². The van der Waals surface area contributed by atoms with E-state index in [2.05, 4.69) is 30.6 Å². The van der Waals surface area contributed by atoms with Crippen molar-refractivity contribution in [1.29, 1.82) is 0 Å². The second-order valence-electron chi connectivity index (χ2n) is 8.94. The highest BCUT2D eigenvalue weighted by molar-refractivity contribution is 5.84. The molecule has 0 radical (unpaired) electrons. The second kappa shape index (κ2) is 10.3. The van der Waals surface area contributed by atoms with Crippen molar-refractivity contribution in [3.63, 3.8) is 0 Å². The Hall–Kier alpha value is -3.03. The van der Waals surface area contributed by atoms with Gasteiger partial charge in [0.1, 0.15) is 35.7 Å². The van der Waals surface area contributed by atoms with Crippen LogP contribution in [-0.2, 0) is 4.74 Å². The van der Waals surface area contributed by atoms with Gasteiger partial charge in [0.2, 0.25) is 12.2 Å². The first-order valence-corrected chi connectivity index (χ1v) is 11.8. The quantitative estimate of drug-likeness (QED) is 0.254. The number of hydrogen-bond acceptors (Lipinski definition) is 11. The summed E-state index contributed by atoms with van der Waals surface area (Å²) in [5.41, 5.74) is 2.03. The number of ether oxygens (including phenoxy) is 2. The molecule has 5 atom stereocenters. The third-order valence-electron chi connectivity index (χ3n) is 6.44. The number of anilines is 3. The topological polar surface area (TPSA) is 178 Å². The Morgan fingerprint density at radius 2 is 1.77 bits per heavy atom. The summed E-state index contributed by atoms with van der Waals surface area (Å²) in [6, 6.07) is 7.16. The van der Waals surface area contributed by atoms with Gasteiger partial charge in [-0.15, -0.1) is 0 Å². The molecule has 0 spiro atoms. The molecule has 2 aromatic heterocycles. The van der Waals surface area contributed by atoms with E-state index in [-0.39, 0.29) is 0 Å². The molecule has 188 valence electrons. The number of imidazole rings is 1. The van der Waals surface area contributed by atoms with E-state index in [4.69, 9.17) is 9.47 Å². The van der Waals surface area contributed by atoms with Crippen molar-refractivity contribution in [2.45, 2.75) is 68.9 Å². The standard InChI is InChI=1S/C23H30N6O6/c30-10-15-17(31)18(32)19(33)22(35-15)34-14-8-6-13(7-9-14)27-23-28-20-16(24-11-25-20)21(29-23)26-12-4-2-1-3-5-12/h6-9,11-12,15,17-19,22,30-33H,1-5,10H2,(H3,24,25,26,27,28,29)/t15-,17-,18+,19-,22-/m1/s1. The maximum Gasteiger partial charge on any atom is 0.231 e. The molecular formula is C23H30N6O6. The molecule has 0 bridgehead atoms. The van der Waals surface area contributed by atoms with E-state index in [1.165, 1.54) is 19.3 Å². The van der Waals surface area contributed by atoms with E-state index >= 15 is 0 Å². The minimum atomic E-state index is -1.50. The zero-order valence-corrected chi connectivity index (χ0v) is 19.0. The van der Waals surface area contributed by atoms with Gasteiger partial charge in [0.05, 0.1) is 12.9 Å². The lowest BCUT2D eigenvalue weighted by Gasteiger charge is -2.39. The summed E-state index contributed by atoms with van der Waals surface area (Å²) in [6.07, 6.45) is 0.793. The maximum absolute atomic E-state index is 10.2. The summed E-state index contributed by atoms with van der Waals surface area (Å²) in [5.74, 6) is 1.47. The molecule has 1 saturated heterocycles. The molecule has 0 unspecified atom stereocenters. The third-order valence-corrected chi connectivity index (χ3v) is 6.44. The molecule has 3 heterocycles. The number of hydrogen-bond donors (Lipinski definition) is 7. The summed E-state index contributed by atoms with van der Waals surface area (Å²) < 4.78 is 11.0. The SMILES string of the molecule is OC[C@H]1O[C@@H](Oc2ccc(Nc3nc(NC4CCCCC4)c4[nH]cnc4n3)cc2)[C@H](O)[C@@H](O)[C@@H]1O. The molecule has 2 fully saturated rings. The van der Waals surface area contributed by atoms with E-state index in [0.717, 1.165) is 18.4 Å². The monoisotopic (exact) mass is 486 g/mol. The number of aliphatic hydroxyl groups is 4. The molecule has 12 heteroatoms. The molecule has 1 aliphatic carbocycles. The molecule has 1 aromatic carbocycles. The molecule has 7 N–H and O–H groups in total. The van der Waals surface area contributed by atoms with Crippen LogP contribution in [0.15, 0.2) is 30.6 Å². The number of aromatic amines is 1. The van der Waals surface area contributed by atoms with E-state index in [1.54, 1.807) is 30.6 Å². The highest BCUT2D eigenvalue weighted by Crippen LogP contribution is 2.28. The van der Waals surface area contributed by atoms with Crippen molar-refractivity contribution in [1.82, 2.24) is 19.9 Å². The van der Waals surface area contributed by atoms with Crippen molar-refractivity contribution < 1.29 is 29.9 Å². The van der Waals surface area contributed by atoms with Gasteiger partial charge in [0.15, 0.2) is 11.5 Å². The summed E-state index contributed by atoms with van der Waals surface area (Å²) in [7, 11) is 0.